The Bertz CT molecular complexity index is 442. The predicted molar refractivity (Wildman–Crippen MR) is 81.0 cm³/mol. The molecular weight excluding hydrogens is 266 g/mol. The van der Waals surface area contributed by atoms with Crippen molar-refractivity contribution in [2.24, 2.45) is 5.92 Å². The molecule has 5 nitrogen and oxygen atoms in total. The molecule has 1 aromatic heterocycles. The molecule has 2 heterocycles. The van der Waals surface area contributed by atoms with Crippen molar-refractivity contribution in [3.05, 3.63) is 24.5 Å². The molecule has 3 rings (SSSR count). The summed E-state index contributed by atoms with van der Waals surface area (Å²) < 4.78 is 7.58. The van der Waals surface area contributed by atoms with Crippen LogP contribution in [0.4, 0.5) is 0 Å². The molecule has 1 atom stereocenters. The van der Waals surface area contributed by atoms with E-state index in [1.807, 2.05) is 24.5 Å². The standard InChI is InChI=1S/C16H25N3O2/c20-16(17-6-9-18-7-1-2-8-18)15-13-21-11-10-19(15)12-14-4-3-5-14/h1-2,7-8,14-15H,3-6,9-13H2,(H,17,20)/t15-/m1/s1. The molecule has 1 aromatic rings. The van der Waals surface area contributed by atoms with Gasteiger partial charge in [0.1, 0.15) is 6.04 Å². The molecule has 2 aliphatic rings. The summed E-state index contributed by atoms with van der Waals surface area (Å²) in [6.45, 7) is 4.70. The number of morpholine rings is 1. The number of carbonyl (C=O) groups excluding carboxylic acids is 1. The molecule has 0 aromatic carbocycles. The van der Waals surface area contributed by atoms with Crippen molar-refractivity contribution in [1.29, 1.82) is 0 Å². The molecule has 1 N–H and O–H groups in total. The first-order valence-corrected chi connectivity index (χ1v) is 8.03. The molecular formula is C16H25N3O2. The average molecular weight is 291 g/mol. The third-order valence-corrected chi connectivity index (χ3v) is 4.59. The molecule has 1 aliphatic carbocycles. The van der Waals surface area contributed by atoms with E-state index in [9.17, 15) is 4.79 Å². The summed E-state index contributed by atoms with van der Waals surface area (Å²) in [7, 11) is 0. The molecule has 0 spiro atoms. The Kier molecular flexibility index (Phi) is 4.93. The second-order valence-corrected chi connectivity index (χ2v) is 6.09. The molecule has 5 heteroatoms. The molecule has 1 amide bonds. The first-order valence-electron chi connectivity index (χ1n) is 8.03. The molecule has 116 valence electrons. The Morgan fingerprint density at radius 3 is 2.81 bits per heavy atom. The monoisotopic (exact) mass is 291 g/mol. The highest BCUT2D eigenvalue weighted by molar-refractivity contribution is 5.82. The van der Waals surface area contributed by atoms with Crippen molar-refractivity contribution >= 4 is 5.91 Å². The first-order chi connectivity index (χ1) is 10.3. The van der Waals surface area contributed by atoms with Crippen LogP contribution in [0, 0.1) is 5.92 Å². The average Bonchev–Trinajstić information content (AvgIpc) is 2.96. The molecule has 1 saturated heterocycles. The number of hydrogen-bond acceptors (Lipinski definition) is 3. The van der Waals surface area contributed by atoms with Crippen LogP contribution < -0.4 is 5.32 Å². The quantitative estimate of drug-likeness (QED) is 0.854. The van der Waals surface area contributed by atoms with Gasteiger partial charge in [0.05, 0.1) is 13.2 Å². The first kappa shape index (κ1) is 14.6. The van der Waals surface area contributed by atoms with Gasteiger partial charge in [-0.3, -0.25) is 9.69 Å². The highest BCUT2D eigenvalue weighted by Gasteiger charge is 2.32. The zero-order chi connectivity index (χ0) is 14.5. The van der Waals surface area contributed by atoms with E-state index in [1.54, 1.807) is 0 Å². The van der Waals surface area contributed by atoms with E-state index < -0.39 is 0 Å². The minimum Gasteiger partial charge on any atom is -0.378 e. The Morgan fingerprint density at radius 2 is 2.10 bits per heavy atom. The lowest BCUT2D eigenvalue weighted by Crippen LogP contribution is -2.55. The third-order valence-electron chi connectivity index (χ3n) is 4.59. The maximum Gasteiger partial charge on any atom is 0.239 e. The van der Waals surface area contributed by atoms with Gasteiger partial charge < -0.3 is 14.6 Å². The number of nitrogens with zero attached hydrogens (tertiary/aromatic N) is 2. The van der Waals surface area contributed by atoms with Gasteiger partial charge in [0.25, 0.3) is 0 Å². The summed E-state index contributed by atoms with van der Waals surface area (Å²) in [5, 5.41) is 3.05. The lowest BCUT2D eigenvalue weighted by molar-refractivity contribution is -0.133. The summed E-state index contributed by atoms with van der Waals surface area (Å²) in [5.41, 5.74) is 0. The van der Waals surface area contributed by atoms with Gasteiger partial charge in [0, 0.05) is 38.6 Å². The van der Waals surface area contributed by atoms with Crippen molar-refractivity contribution < 1.29 is 9.53 Å². The number of aromatic nitrogens is 1. The van der Waals surface area contributed by atoms with Gasteiger partial charge in [-0.2, -0.15) is 0 Å². The van der Waals surface area contributed by atoms with Crippen LogP contribution in [0.15, 0.2) is 24.5 Å². The lowest BCUT2D eigenvalue weighted by Gasteiger charge is -2.39. The van der Waals surface area contributed by atoms with E-state index >= 15 is 0 Å². The molecule has 2 fully saturated rings. The van der Waals surface area contributed by atoms with Crippen LogP contribution in [-0.4, -0.2) is 54.3 Å². The molecule has 0 radical (unpaired) electrons. The molecule has 0 unspecified atom stereocenters. The maximum atomic E-state index is 12.4. The van der Waals surface area contributed by atoms with Crippen LogP contribution in [0.1, 0.15) is 19.3 Å². The van der Waals surface area contributed by atoms with Crippen LogP contribution >= 0.6 is 0 Å². The second kappa shape index (κ2) is 7.09. The van der Waals surface area contributed by atoms with Gasteiger partial charge in [-0.15, -0.1) is 0 Å². The zero-order valence-electron chi connectivity index (χ0n) is 12.5. The number of amides is 1. The van der Waals surface area contributed by atoms with E-state index in [4.69, 9.17) is 4.74 Å². The number of hydrogen-bond donors (Lipinski definition) is 1. The molecule has 1 aliphatic heterocycles. The van der Waals surface area contributed by atoms with Gasteiger partial charge in [0.15, 0.2) is 0 Å². The molecule has 21 heavy (non-hydrogen) atoms. The number of ether oxygens (including phenoxy) is 1. The zero-order valence-corrected chi connectivity index (χ0v) is 12.5. The van der Waals surface area contributed by atoms with Gasteiger partial charge in [0.2, 0.25) is 5.91 Å². The summed E-state index contributed by atoms with van der Waals surface area (Å²) in [6.07, 6.45) is 8.01. The predicted octanol–water partition coefficient (Wildman–Crippen LogP) is 1.11. The van der Waals surface area contributed by atoms with Gasteiger partial charge in [-0.25, -0.2) is 0 Å². The summed E-state index contributed by atoms with van der Waals surface area (Å²) in [5.74, 6) is 0.902. The molecule has 0 bridgehead atoms. The largest absolute Gasteiger partial charge is 0.378 e. The van der Waals surface area contributed by atoms with E-state index in [0.29, 0.717) is 13.2 Å². The fourth-order valence-electron chi connectivity index (χ4n) is 3.05. The van der Waals surface area contributed by atoms with Crippen LogP contribution in [-0.2, 0) is 16.1 Å². The van der Waals surface area contributed by atoms with Gasteiger partial charge >= 0.3 is 0 Å². The van der Waals surface area contributed by atoms with Gasteiger partial charge in [-0.1, -0.05) is 6.42 Å². The van der Waals surface area contributed by atoms with E-state index in [0.717, 1.165) is 32.2 Å². The highest BCUT2D eigenvalue weighted by Crippen LogP contribution is 2.28. The van der Waals surface area contributed by atoms with Crippen molar-refractivity contribution in [1.82, 2.24) is 14.8 Å². The summed E-state index contributed by atoms with van der Waals surface area (Å²) in [4.78, 5) is 14.7. The maximum absolute atomic E-state index is 12.4. The van der Waals surface area contributed by atoms with Crippen molar-refractivity contribution in [3.8, 4) is 0 Å². The minimum atomic E-state index is -0.107. The van der Waals surface area contributed by atoms with E-state index in [-0.39, 0.29) is 11.9 Å². The Balaban J connectivity index is 1.46. The fraction of sp³-hybridized carbons (Fsp3) is 0.688. The summed E-state index contributed by atoms with van der Waals surface area (Å²) in [6, 6.07) is 3.89. The van der Waals surface area contributed by atoms with Crippen LogP contribution in [0.5, 0.6) is 0 Å². The molecule has 1 saturated carbocycles. The number of rotatable bonds is 6. The lowest BCUT2D eigenvalue weighted by atomic mass is 9.84. The topological polar surface area (TPSA) is 46.5 Å². The van der Waals surface area contributed by atoms with Gasteiger partial charge in [-0.05, 0) is 30.9 Å². The normalized spacial score (nSPS) is 23.7. The SMILES string of the molecule is O=C(NCCn1cccc1)[C@H]1COCCN1CC1CCC1. The Morgan fingerprint density at radius 1 is 1.29 bits per heavy atom. The second-order valence-electron chi connectivity index (χ2n) is 6.09. The van der Waals surface area contributed by atoms with E-state index in [2.05, 4.69) is 14.8 Å². The Hall–Kier alpha value is -1.33. The smallest absolute Gasteiger partial charge is 0.239 e. The van der Waals surface area contributed by atoms with Crippen LogP contribution in [0.2, 0.25) is 0 Å². The Labute approximate surface area is 126 Å². The minimum absolute atomic E-state index is 0.107. The van der Waals surface area contributed by atoms with Crippen molar-refractivity contribution in [2.45, 2.75) is 31.8 Å². The van der Waals surface area contributed by atoms with E-state index in [1.165, 1.54) is 19.3 Å². The van der Waals surface area contributed by atoms with Crippen molar-refractivity contribution in [2.75, 3.05) is 32.8 Å². The number of carbonyl (C=O) groups is 1. The fourth-order valence-corrected chi connectivity index (χ4v) is 3.05. The van der Waals surface area contributed by atoms with Crippen LogP contribution in [0.3, 0.4) is 0 Å². The third kappa shape index (κ3) is 3.86. The van der Waals surface area contributed by atoms with Crippen LogP contribution in [0.25, 0.3) is 0 Å². The van der Waals surface area contributed by atoms with Crippen molar-refractivity contribution in [3.63, 3.8) is 0 Å². The number of nitrogens with one attached hydrogen (secondary N) is 1. The highest BCUT2D eigenvalue weighted by atomic mass is 16.5. The summed E-state index contributed by atoms with van der Waals surface area (Å²) >= 11 is 0.